The van der Waals surface area contributed by atoms with E-state index < -0.39 is 0 Å². The van der Waals surface area contributed by atoms with E-state index in [-0.39, 0.29) is 18.7 Å². The fraction of sp³-hybridized carbons (Fsp3) is 0.500. The summed E-state index contributed by atoms with van der Waals surface area (Å²) in [6, 6.07) is 9.08. The van der Waals surface area contributed by atoms with Crippen molar-refractivity contribution in [3.05, 3.63) is 47.2 Å². The minimum atomic E-state index is -0.106. The van der Waals surface area contributed by atoms with E-state index in [0.717, 1.165) is 11.8 Å². The third kappa shape index (κ3) is 3.73. The molecule has 0 radical (unpaired) electrons. The standard InChI is InChI=1S/C20H24ClN3O2/c1-13(18-11-14-2-3-15(18)10-14)22-20(25)19-8-9-24(23-19)12-26-17-6-4-16(21)5-7-17/h4-9,13-15,18H,2-3,10-12H2,1H3,(H,22,25). The van der Waals surface area contributed by atoms with Crippen molar-refractivity contribution in [3.8, 4) is 5.75 Å². The number of nitrogens with zero attached hydrogens (tertiary/aromatic N) is 2. The van der Waals surface area contributed by atoms with Crippen molar-refractivity contribution in [2.24, 2.45) is 17.8 Å². The lowest BCUT2D eigenvalue weighted by Crippen LogP contribution is -2.40. The molecule has 0 spiro atoms. The van der Waals surface area contributed by atoms with Gasteiger partial charge in [-0.25, -0.2) is 4.68 Å². The first-order chi connectivity index (χ1) is 12.6. The SMILES string of the molecule is CC(NC(=O)c1ccn(COc2ccc(Cl)cc2)n1)C1CC2CCC1C2. The van der Waals surface area contributed by atoms with Gasteiger partial charge in [-0.1, -0.05) is 18.0 Å². The van der Waals surface area contributed by atoms with Crippen LogP contribution in [0.2, 0.25) is 5.02 Å². The summed E-state index contributed by atoms with van der Waals surface area (Å²) in [6.45, 7) is 2.38. The number of hydrogen-bond acceptors (Lipinski definition) is 3. The molecule has 0 aliphatic heterocycles. The summed E-state index contributed by atoms with van der Waals surface area (Å²) in [4.78, 5) is 12.5. The second kappa shape index (κ2) is 7.31. The van der Waals surface area contributed by atoms with Gasteiger partial charge in [-0.3, -0.25) is 4.79 Å². The number of nitrogens with one attached hydrogen (secondary N) is 1. The summed E-state index contributed by atoms with van der Waals surface area (Å²) >= 11 is 5.86. The van der Waals surface area contributed by atoms with Crippen molar-refractivity contribution >= 4 is 17.5 Å². The van der Waals surface area contributed by atoms with Crippen molar-refractivity contribution < 1.29 is 9.53 Å². The molecule has 1 amide bonds. The zero-order valence-electron chi connectivity index (χ0n) is 14.9. The maximum absolute atomic E-state index is 12.5. The largest absolute Gasteiger partial charge is 0.471 e. The Morgan fingerprint density at radius 1 is 1.31 bits per heavy atom. The molecule has 2 aliphatic rings. The van der Waals surface area contributed by atoms with Crippen LogP contribution in [0.5, 0.6) is 5.75 Å². The summed E-state index contributed by atoms with van der Waals surface area (Å²) in [5.41, 5.74) is 0.430. The summed E-state index contributed by atoms with van der Waals surface area (Å²) in [6.07, 6.45) is 7.07. The van der Waals surface area contributed by atoms with Crippen LogP contribution in [0.15, 0.2) is 36.5 Å². The Labute approximate surface area is 158 Å². The third-order valence-electron chi connectivity index (χ3n) is 5.84. The first-order valence-corrected chi connectivity index (χ1v) is 9.69. The van der Waals surface area contributed by atoms with Gasteiger partial charge >= 0.3 is 0 Å². The lowest BCUT2D eigenvalue weighted by atomic mass is 9.84. The van der Waals surface area contributed by atoms with E-state index in [0.29, 0.717) is 22.4 Å². The number of rotatable bonds is 6. The first-order valence-electron chi connectivity index (χ1n) is 9.31. The van der Waals surface area contributed by atoms with Crippen molar-refractivity contribution in [1.82, 2.24) is 15.1 Å². The van der Waals surface area contributed by atoms with Crippen molar-refractivity contribution in [2.75, 3.05) is 0 Å². The molecule has 26 heavy (non-hydrogen) atoms. The molecule has 1 heterocycles. The van der Waals surface area contributed by atoms with Crippen molar-refractivity contribution in [3.63, 3.8) is 0 Å². The van der Waals surface area contributed by atoms with E-state index in [9.17, 15) is 4.79 Å². The zero-order valence-corrected chi connectivity index (χ0v) is 15.7. The van der Waals surface area contributed by atoms with Crippen LogP contribution in [0.1, 0.15) is 43.1 Å². The lowest BCUT2D eigenvalue weighted by Gasteiger charge is -2.28. The molecule has 1 N–H and O–H groups in total. The average molecular weight is 374 g/mol. The number of hydrogen-bond donors (Lipinski definition) is 1. The number of ether oxygens (including phenoxy) is 1. The van der Waals surface area contributed by atoms with E-state index in [1.807, 2.05) is 0 Å². The second-order valence-corrected chi connectivity index (χ2v) is 8.01. The predicted molar refractivity (Wildman–Crippen MR) is 100 cm³/mol. The summed E-state index contributed by atoms with van der Waals surface area (Å²) < 4.78 is 7.26. The monoisotopic (exact) mass is 373 g/mol. The molecule has 0 saturated heterocycles. The van der Waals surface area contributed by atoms with Gasteiger partial charge < -0.3 is 10.1 Å². The molecular weight excluding hydrogens is 350 g/mol. The Morgan fingerprint density at radius 3 is 2.81 bits per heavy atom. The van der Waals surface area contributed by atoms with Crippen LogP contribution in [0, 0.1) is 17.8 Å². The highest BCUT2D eigenvalue weighted by Gasteiger charge is 2.42. The summed E-state index contributed by atoms with van der Waals surface area (Å²) in [7, 11) is 0. The Morgan fingerprint density at radius 2 is 2.12 bits per heavy atom. The van der Waals surface area contributed by atoms with E-state index >= 15 is 0 Å². The molecule has 2 aromatic rings. The fourth-order valence-electron chi connectivity index (χ4n) is 4.52. The highest BCUT2D eigenvalue weighted by Crippen LogP contribution is 2.49. The quantitative estimate of drug-likeness (QED) is 0.828. The lowest BCUT2D eigenvalue weighted by molar-refractivity contribution is 0.0908. The van der Waals surface area contributed by atoms with Crippen molar-refractivity contribution in [2.45, 2.75) is 45.4 Å². The van der Waals surface area contributed by atoms with E-state index in [1.165, 1.54) is 25.7 Å². The van der Waals surface area contributed by atoms with Crippen LogP contribution in [-0.2, 0) is 6.73 Å². The Bertz CT molecular complexity index is 774. The molecule has 2 saturated carbocycles. The number of fused-ring (bicyclic) bond motifs is 2. The number of benzene rings is 1. The van der Waals surface area contributed by atoms with Gasteiger partial charge in [0.25, 0.3) is 5.91 Å². The van der Waals surface area contributed by atoms with Crippen LogP contribution in [0.4, 0.5) is 0 Å². The molecule has 2 bridgehead atoms. The molecule has 6 heteroatoms. The zero-order chi connectivity index (χ0) is 18.1. The molecule has 4 atom stereocenters. The van der Waals surface area contributed by atoms with Crippen molar-refractivity contribution in [1.29, 1.82) is 0 Å². The minimum Gasteiger partial charge on any atom is -0.471 e. The smallest absolute Gasteiger partial charge is 0.271 e. The van der Waals surface area contributed by atoms with Gasteiger partial charge in [-0.2, -0.15) is 5.10 Å². The first kappa shape index (κ1) is 17.4. The maximum Gasteiger partial charge on any atom is 0.271 e. The Kier molecular flexibility index (Phi) is 4.90. The minimum absolute atomic E-state index is 0.106. The van der Waals surface area contributed by atoms with E-state index in [4.69, 9.17) is 16.3 Å². The molecular formula is C20H24ClN3O2. The predicted octanol–water partition coefficient (Wildman–Crippen LogP) is 4.13. The number of carbonyl (C=O) groups is 1. The van der Waals surface area contributed by atoms with Gasteiger partial charge in [-0.15, -0.1) is 0 Å². The number of aromatic nitrogens is 2. The Balaban J connectivity index is 1.30. The normalized spacial score (nSPS) is 25.2. The van der Waals surface area contributed by atoms with Gasteiger partial charge in [0, 0.05) is 17.3 Å². The molecule has 2 aliphatic carbocycles. The number of halogens is 1. The highest BCUT2D eigenvalue weighted by atomic mass is 35.5. The van der Waals surface area contributed by atoms with Gasteiger partial charge in [-0.05, 0) is 74.3 Å². The van der Waals surface area contributed by atoms with Crippen LogP contribution < -0.4 is 10.1 Å². The molecule has 138 valence electrons. The van der Waals surface area contributed by atoms with Crippen LogP contribution in [0.25, 0.3) is 0 Å². The van der Waals surface area contributed by atoms with Gasteiger partial charge in [0.05, 0.1) is 0 Å². The average Bonchev–Trinajstić information content (AvgIpc) is 3.37. The second-order valence-electron chi connectivity index (χ2n) is 7.57. The highest BCUT2D eigenvalue weighted by molar-refractivity contribution is 6.30. The summed E-state index contributed by atoms with van der Waals surface area (Å²) in [5, 5.41) is 8.14. The van der Waals surface area contributed by atoms with Crippen LogP contribution in [-0.4, -0.2) is 21.7 Å². The van der Waals surface area contributed by atoms with Crippen LogP contribution in [0.3, 0.4) is 0 Å². The molecule has 4 unspecified atom stereocenters. The van der Waals surface area contributed by atoms with Crippen LogP contribution >= 0.6 is 11.6 Å². The molecule has 1 aromatic heterocycles. The molecule has 1 aromatic carbocycles. The molecule has 2 fully saturated rings. The van der Waals surface area contributed by atoms with E-state index in [1.54, 1.807) is 41.2 Å². The third-order valence-corrected chi connectivity index (χ3v) is 6.10. The van der Waals surface area contributed by atoms with Gasteiger partial charge in [0.15, 0.2) is 6.73 Å². The number of amides is 1. The van der Waals surface area contributed by atoms with Gasteiger partial charge in [0.1, 0.15) is 11.4 Å². The summed E-state index contributed by atoms with van der Waals surface area (Å²) in [5.74, 6) is 2.90. The molecule has 4 rings (SSSR count). The van der Waals surface area contributed by atoms with Gasteiger partial charge in [0.2, 0.25) is 0 Å². The fourth-order valence-corrected chi connectivity index (χ4v) is 4.65. The topological polar surface area (TPSA) is 56.2 Å². The maximum atomic E-state index is 12.5. The number of carbonyl (C=O) groups excluding carboxylic acids is 1. The Hall–Kier alpha value is -2.01. The molecule has 5 nitrogen and oxygen atoms in total. The van der Waals surface area contributed by atoms with E-state index in [2.05, 4.69) is 17.3 Å².